The highest BCUT2D eigenvalue weighted by molar-refractivity contribution is 5.93. The first-order valence-electron chi connectivity index (χ1n) is 7.13. The molecule has 1 aromatic carbocycles. The first kappa shape index (κ1) is 14.1. The van der Waals surface area contributed by atoms with Gasteiger partial charge in [-0.05, 0) is 50.9 Å². The van der Waals surface area contributed by atoms with E-state index in [2.05, 4.69) is 23.3 Å². The number of carbonyl (C=O) groups is 1. The molecule has 19 heavy (non-hydrogen) atoms. The Labute approximate surface area is 116 Å². The summed E-state index contributed by atoms with van der Waals surface area (Å²) in [6.45, 7) is 4.55. The maximum absolute atomic E-state index is 12.1. The molecular formula is C16H24N2O. The Morgan fingerprint density at radius 2 is 2.00 bits per heavy atom. The Morgan fingerprint density at radius 1 is 1.32 bits per heavy atom. The fraction of sp³-hybridized carbons (Fsp3) is 0.562. The first-order chi connectivity index (χ1) is 9.06. The van der Waals surface area contributed by atoms with E-state index in [4.69, 9.17) is 0 Å². The Balaban J connectivity index is 1.91. The normalized spacial score (nSPS) is 16.0. The van der Waals surface area contributed by atoms with Gasteiger partial charge in [0.2, 0.25) is 5.91 Å². The van der Waals surface area contributed by atoms with Gasteiger partial charge in [-0.3, -0.25) is 9.69 Å². The van der Waals surface area contributed by atoms with Gasteiger partial charge in [0.25, 0.3) is 0 Å². The lowest BCUT2D eigenvalue weighted by Crippen LogP contribution is -2.36. The first-order valence-corrected chi connectivity index (χ1v) is 7.13. The van der Waals surface area contributed by atoms with Gasteiger partial charge in [-0.15, -0.1) is 0 Å². The zero-order valence-corrected chi connectivity index (χ0v) is 12.2. The highest BCUT2D eigenvalue weighted by atomic mass is 16.2. The minimum atomic E-state index is 0.0862. The molecule has 0 aromatic heterocycles. The van der Waals surface area contributed by atoms with E-state index in [0.29, 0.717) is 12.6 Å². The number of likely N-dealkylation sites (N-methyl/N-ethyl adjacent to an activating group) is 1. The molecule has 0 unspecified atom stereocenters. The molecular weight excluding hydrogens is 236 g/mol. The summed E-state index contributed by atoms with van der Waals surface area (Å²) in [7, 11) is 2.05. The molecule has 1 aliphatic carbocycles. The molecule has 1 N–H and O–H groups in total. The minimum absolute atomic E-state index is 0.0862. The van der Waals surface area contributed by atoms with Gasteiger partial charge >= 0.3 is 0 Å². The SMILES string of the molecule is Cc1ccc(C)c(NC(=O)CN(C)C2CCCC2)c1. The highest BCUT2D eigenvalue weighted by Crippen LogP contribution is 2.22. The second kappa shape index (κ2) is 6.20. The molecule has 104 valence electrons. The highest BCUT2D eigenvalue weighted by Gasteiger charge is 2.21. The van der Waals surface area contributed by atoms with Crippen molar-refractivity contribution in [2.75, 3.05) is 18.9 Å². The predicted molar refractivity (Wildman–Crippen MR) is 79.4 cm³/mol. The van der Waals surface area contributed by atoms with E-state index in [1.165, 1.54) is 31.2 Å². The minimum Gasteiger partial charge on any atom is -0.325 e. The molecule has 0 aliphatic heterocycles. The number of nitrogens with one attached hydrogen (secondary N) is 1. The van der Waals surface area contributed by atoms with Crippen LogP contribution in [0.4, 0.5) is 5.69 Å². The van der Waals surface area contributed by atoms with Crippen LogP contribution in [0.25, 0.3) is 0 Å². The number of aryl methyl sites for hydroxylation is 2. The van der Waals surface area contributed by atoms with Crippen molar-refractivity contribution in [3.63, 3.8) is 0 Å². The van der Waals surface area contributed by atoms with E-state index in [9.17, 15) is 4.79 Å². The number of rotatable bonds is 4. The molecule has 1 aliphatic rings. The second-order valence-corrected chi connectivity index (χ2v) is 5.72. The summed E-state index contributed by atoms with van der Waals surface area (Å²) in [6.07, 6.45) is 5.06. The van der Waals surface area contributed by atoms with Crippen molar-refractivity contribution in [1.82, 2.24) is 4.90 Å². The molecule has 0 radical (unpaired) electrons. The van der Waals surface area contributed by atoms with Crippen molar-refractivity contribution in [3.05, 3.63) is 29.3 Å². The molecule has 0 saturated heterocycles. The van der Waals surface area contributed by atoms with E-state index in [1.54, 1.807) is 0 Å². The Morgan fingerprint density at radius 3 is 2.68 bits per heavy atom. The largest absolute Gasteiger partial charge is 0.325 e. The molecule has 1 aromatic rings. The van der Waals surface area contributed by atoms with Gasteiger partial charge in [-0.25, -0.2) is 0 Å². The maximum Gasteiger partial charge on any atom is 0.238 e. The lowest BCUT2D eigenvalue weighted by molar-refractivity contribution is -0.117. The molecule has 1 saturated carbocycles. The predicted octanol–water partition coefficient (Wildman–Crippen LogP) is 3.12. The third-order valence-electron chi connectivity index (χ3n) is 4.01. The molecule has 3 nitrogen and oxygen atoms in total. The summed E-state index contributed by atoms with van der Waals surface area (Å²) in [5.41, 5.74) is 3.22. The van der Waals surface area contributed by atoms with E-state index >= 15 is 0 Å². The fourth-order valence-corrected chi connectivity index (χ4v) is 2.76. The van der Waals surface area contributed by atoms with Crippen molar-refractivity contribution in [2.24, 2.45) is 0 Å². The van der Waals surface area contributed by atoms with Crippen LogP contribution in [-0.4, -0.2) is 30.4 Å². The average molecular weight is 260 g/mol. The van der Waals surface area contributed by atoms with Crippen LogP contribution in [0, 0.1) is 13.8 Å². The molecule has 1 amide bonds. The lowest BCUT2D eigenvalue weighted by atomic mass is 10.1. The van der Waals surface area contributed by atoms with Crippen LogP contribution >= 0.6 is 0 Å². The number of hydrogen-bond acceptors (Lipinski definition) is 2. The average Bonchev–Trinajstić information content (AvgIpc) is 2.87. The quantitative estimate of drug-likeness (QED) is 0.902. The van der Waals surface area contributed by atoms with Gasteiger partial charge in [0, 0.05) is 11.7 Å². The molecule has 0 bridgehead atoms. The van der Waals surface area contributed by atoms with Crippen molar-refractivity contribution in [1.29, 1.82) is 0 Å². The summed E-state index contributed by atoms with van der Waals surface area (Å²) < 4.78 is 0. The zero-order valence-electron chi connectivity index (χ0n) is 12.2. The van der Waals surface area contributed by atoms with Gasteiger partial charge < -0.3 is 5.32 Å². The van der Waals surface area contributed by atoms with E-state index < -0.39 is 0 Å². The van der Waals surface area contributed by atoms with Gasteiger partial charge in [0.1, 0.15) is 0 Å². The smallest absolute Gasteiger partial charge is 0.238 e. The van der Waals surface area contributed by atoms with Crippen LogP contribution in [0.15, 0.2) is 18.2 Å². The summed E-state index contributed by atoms with van der Waals surface area (Å²) in [5, 5.41) is 3.02. The topological polar surface area (TPSA) is 32.3 Å². The van der Waals surface area contributed by atoms with E-state index in [1.807, 2.05) is 26.0 Å². The van der Waals surface area contributed by atoms with Crippen LogP contribution in [-0.2, 0) is 4.79 Å². The number of carbonyl (C=O) groups excluding carboxylic acids is 1. The maximum atomic E-state index is 12.1. The molecule has 0 atom stereocenters. The van der Waals surface area contributed by atoms with Crippen LogP contribution in [0.1, 0.15) is 36.8 Å². The molecule has 1 fully saturated rings. The van der Waals surface area contributed by atoms with Crippen LogP contribution in [0.2, 0.25) is 0 Å². The molecule has 2 rings (SSSR count). The fourth-order valence-electron chi connectivity index (χ4n) is 2.76. The summed E-state index contributed by atoms with van der Waals surface area (Å²) in [5.74, 6) is 0.0862. The van der Waals surface area contributed by atoms with E-state index in [-0.39, 0.29) is 5.91 Å². The lowest BCUT2D eigenvalue weighted by Gasteiger charge is -2.23. The summed E-state index contributed by atoms with van der Waals surface area (Å²) in [6, 6.07) is 6.73. The van der Waals surface area contributed by atoms with Gasteiger partial charge in [0.15, 0.2) is 0 Å². The number of nitrogens with zero attached hydrogens (tertiary/aromatic N) is 1. The third kappa shape index (κ3) is 3.80. The Kier molecular flexibility index (Phi) is 4.59. The van der Waals surface area contributed by atoms with Gasteiger partial charge in [0.05, 0.1) is 6.54 Å². The monoisotopic (exact) mass is 260 g/mol. The zero-order chi connectivity index (χ0) is 13.8. The summed E-state index contributed by atoms with van der Waals surface area (Å²) in [4.78, 5) is 14.3. The van der Waals surface area contributed by atoms with Crippen LogP contribution in [0.5, 0.6) is 0 Å². The van der Waals surface area contributed by atoms with Gasteiger partial charge in [-0.1, -0.05) is 25.0 Å². The summed E-state index contributed by atoms with van der Waals surface area (Å²) >= 11 is 0. The van der Waals surface area contributed by atoms with Crippen molar-refractivity contribution in [2.45, 2.75) is 45.6 Å². The third-order valence-corrected chi connectivity index (χ3v) is 4.01. The number of hydrogen-bond donors (Lipinski definition) is 1. The number of benzene rings is 1. The number of anilines is 1. The van der Waals surface area contributed by atoms with Crippen molar-refractivity contribution < 1.29 is 4.79 Å². The molecule has 0 spiro atoms. The van der Waals surface area contributed by atoms with Crippen LogP contribution < -0.4 is 5.32 Å². The second-order valence-electron chi connectivity index (χ2n) is 5.72. The number of amides is 1. The molecule has 0 heterocycles. The standard InChI is InChI=1S/C16H24N2O/c1-12-8-9-13(2)15(10-12)17-16(19)11-18(3)14-6-4-5-7-14/h8-10,14H,4-7,11H2,1-3H3,(H,17,19). The van der Waals surface area contributed by atoms with Crippen LogP contribution in [0.3, 0.4) is 0 Å². The Hall–Kier alpha value is -1.35. The Bertz CT molecular complexity index is 450. The van der Waals surface area contributed by atoms with Crippen molar-refractivity contribution >= 4 is 11.6 Å². The van der Waals surface area contributed by atoms with Crippen molar-refractivity contribution in [3.8, 4) is 0 Å². The molecule has 3 heteroatoms. The van der Waals surface area contributed by atoms with E-state index in [0.717, 1.165) is 11.3 Å². The van der Waals surface area contributed by atoms with Gasteiger partial charge in [-0.2, -0.15) is 0 Å².